The van der Waals surface area contributed by atoms with Crippen molar-refractivity contribution in [3.05, 3.63) is 182 Å². The van der Waals surface area contributed by atoms with Gasteiger partial charge < -0.3 is 8.98 Å². The summed E-state index contributed by atoms with van der Waals surface area (Å²) in [5, 5.41) is 6.80. The van der Waals surface area contributed by atoms with Crippen LogP contribution in [-0.4, -0.2) is 19.5 Å². The van der Waals surface area contributed by atoms with Gasteiger partial charge in [0.2, 0.25) is 0 Å². The van der Waals surface area contributed by atoms with Crippen molar-refractivity contribution in [3.8, 4) is 51.0 Å². The van der Waals surface area contributed by atoms with E-state index in [-0.39, 0.29) is 0 Å². The summed E-state index contributed by atoms with van der Waals surface area (Å²) in [6.45, 7) is 0. The van der Waals surface area contributed by atoms with E-state index in [1.165, 1.54) is 25.6 Å². The van der Waals surface area contributed by atoms with Gasteiger partial charge in [0.15, 0.2) is 23.1 Å². The summed E-state index contributed by atoms with van der Waals surface area (Å²) in [6, 6.07) is 63.7. The lowest BCUT2D eigenvalue weighted by Gasteiger charge is -2.10. The van der Waals surface area contributed by atoms with Crippen LogP contribution in [0.2, 0.25) is 0 Å². The third-order valence-electron chi connectivity index (χ3n) is 11.1. The van der Waals surface area contributed by atoms with Crippen LogP contribution < -0.4 is 0 Å². The zero-order valence-electron chi connectivity index (χ0n) is 30.4. The number of furan rings is 1. The van der Waals surface area contributed by atoms with E-state index in [0.717, 1.165) is 71.9 Å². The Balaban J connectivity index is 1.11. The van der Waals surface area contributed by atoms with Crippen LogP contribution in [0.1, 0.15) is 0 Å². The summed E-state index contributed by atoms with van der Waals surface area (Å²) in [5.41, 5.74) is 9.70. The van der Waals surface area contributed by atoms with Crippen molar-refractivity contribution in [2.75, 3.05) is 0 Å². The van der Waals surface area contributed by atoms with E-state index >= 15 is 0 Å². The second-order valence-electron chi connectivity index (χ2n) is 14.4. The highest BCUT2D eigenvalue weighted by Gasteiger charge is 2.22. The van der Waals surface area contributed by atoms with Crippen molar-refractivity contribution in [2.24, 2.45) is 0 Å². The van der Waals surface area contributed by atoms with E-state index in [0.29, 0.717) is 17.5 Å². The maximum Gasteiger partial charge on any atom is 0.167 e. The highest BCUT2D eigenvalue weighted by molar-refractivity contribution is 7.25. The molecule has 12 aromatic rings. The molecule has 57 heavy (non-hydrogen) atoms. The molecule has 0 unspecified atom stereocenters. The van der Waals surface area contributed by atoms with Crippen LogP contribution in [0.25, 0.3) is 115 Å². The first-order valence-electron chi connectivity index (χ1n) is 19.0. The topological polar surface area (TPSA) is 56.7 Å². The van der Waals surface area contributed by atoms with Gasteiger partial charge in [-0.2, -0.15) is 0 Å². The van der Waals surface area contributed by atoms with Crippen molar-refractivity contribution in [1.29, 1.82) is 0 Å². The third kappa shape index (κ3) is 5.04. The molecule has 0 spiro atoms. The van der Waals surface area contributed by atoms with Gasteiger partial charge in [-0.05, 0) is 71.8 Å². The molecule has 0 atom stereocenters. The maximum atomic E-state index is 7.09. The molecular weight excluding hydrogens is 717 g/mol. The molecule has 0 saturated carbocycles. The van der Waals surface area contributed by atoms with Gasteiger partial charge in [-0.15, -0.1) is 11.3 Å². The zero-order chi connectivity index (χ0) is 37.5. The summed E-state index contributed by atoms with van der Waals surface area (Å²) in [6.07, 6.45) is 0. The molecule has 0 aliphatic carbocycles. The number of para-hydroxylation sites is 3. The van der Waals surface area contributed by atoms with Crippen LogP contribution >= 0.6 is 11.3 Å². The second kappa shape index (κ2) is 12.6. The molecule has 0 aliphatic rings. The fourth-order valence-corrected chi connectivity index (χ4v) is 9.50. The van der Waals surface area contributed by atoms with E-state index in [1.54, 1.807) is 11.3 Å². The molecular formula is C51H30N4OS. The van der Waals surface area contributed by atoms with Gasteiger partial charge in [0, 0.05) is 58.5 Å². The first-order valence-corrected chi connectivity index (χ1v) is 19.8. The van der Waals surface area contributed by atoms with E-state index in [2.05, 4.69) is 180 Å². The predicted octanol–water partition coefficient (Wildman–Crippen LogP) is 13.9. The zero-order valence-corrected chi connectivity index (χ0v) is 31.2. The summed E-state index contributed by atoms with van der Waals surface area (Å²) in [7, 11) is 0. The standard InChI is InChI=1S/C51H30N4OS/c1-3-13-31(14-4-1)32-15-11-16-33(29-32)49-52-50(34-25-28-45-42(30-34)37-20-8-10-24-44(37)57-45)54-51(53-49)41-22-12-21-39-40-27-26-38-36-19-7-9-23-43(36)55(35-17-5-2-6-18-35)46(38)48(40)56-47(39)41/h1-30H. The van der Waals surface area contributed by atoms with Crippen LogP contribution in [0.4, 0.5) is 0 Å². The largest absolute Gasteiger partial charge is 0.453 e. The predicted molar refractivity (Wildman–Crippen MR) is 236 cm³/mol. The molecule has 8 aromatic carbocycles. The van der Waals surface area contributed by atoms with Crippen molar-refractivity contribution >= 4 is 75.3 Å². The lowest BCUT2D eigenvalue weighted by atomic mass is 10.0. The minimum absolute atomic E-state index is 0.555. The monoisotopic (exact) mass is 746 g/mol. The molecule has 0 bridgehead atoms. The molecule has 0 N–H and O–H groups in total. The van der Waals surface area contributed by atoms with Crippen molar-refractivity contribution < 1.29 is 4.42 Å². The van der Waals surface area contributed by atoms with Gasteiger partial charge >= 0.3 is 0 Å². The molecule has 0 aliphatic heterocycles. The number of thiophene rings is 1. The second-order valence-corrected chi connectivity index (χ2v) is 15.5. The number of benzene rings is 8. The molecule has 12 rings (SSSR count). The molecule has 4 aromatic heterocycles. The minimum atomic E-state index is 0.555. The van der Waals surface area contributed by atoms with Crippen molar-refractivity contribution in [1.82, 2.24) is 19.5 Å². The van der Waals surface area contributed by atoms with Crippen LogP contribution in [0.3, 0.4) is 0 Å². The number of rotatable bonds is 5. The van der Waals surface area contributed by atoms with Crippen LogP contribution in [0.5, 0.6) is 0 Å². The average molecular weight is 747 g/mol. The Kier molecular flexibility index (Phi) is 7.03. The van der Waals surface area contributed by atoms with E-state index < -0.39 is 0 Å². The Labute approximate surface area is 330 Å². The molecule has 0 saturated heterocycles. The number of hydrogen-bond acceptors (Lipinski definition) is 5. The third-order valence-corrected chi connectivity index (χ3v) is 12.2. The Bertz CT molecular complexity index is 3530. The highest BCUT2D eigenvalue weighted by Crippen LogP contribution is 2.43. The summed E-state index contributed by atoms with van der Waals surface area (Å²) in [4.78, 5) is 15.7. The normalized spacial score (nSPS) is 11.9. The van der Waals surface area contributed by atoms with Gasteiger partial charge in [-0.1, -0.05) is 121 Å². The van der Waals surface area contributed by atoms with Crippen LogP contribution in [0.15, 0.2) is 186 Å². The minimum Gasteiger partial charge on any atom is -0.453 e. The van der Waals surface area contributed by atoms with Gasteiger partial charge in [0.25, 0.3) is 0 Å². The van der Waals surface area contributed by atoms with Gasteiger partial charge in [-0.25, -0.2) is 15.0 Å². The Morgan fingerprint density at radius 1 is 0.386 bits per heavy atom. The lowest BCUT2D eigenvalue weighted by Crippen LogP contribution is -2.00. The van der Waals surface area contributed by atoms with E-state index in [1.807, 2.05) is 6.07 Å². The van der Waals surface area contributed by atoms with E-state index in [9.17, 15) is 0 Å². The summed E-state index contributed by atoms with van der Waals surface area (Å²) in [5.74, 6) is 1.76. The highest BCUT2D eigenvalue weighted by atomic mass is 32.1. The first-order chi connectivity index (χ1) is 28.2. The summed E-state index contributed by atoms with van der Waals surface area (Å²) < 4.78 is 11.9. The quantitative estimate of drug-likeness (QED) is 0.176. The van der Waals surface area contributed by atoms with Gasteiger partial charge in [0.05, 0.1) is 16.6 Å². The van der Waals surface area contributed by atoms with Crippen molar-refractivity contribution in [2.45, 2.75) is 0 Å². The van der Waals surface area contributed by atoms with Crippen LogP contribution in [0, 0.1) is 0 Å². The van der Waals surface area contributed by atoms with Gasteiger partial charge in [0.1, 0.15) is 5.58 Å². The molecule has 4 heterocycles. The van der Waals surface area contributed by atoms with Crippen LogP contribution in [-0.2, 0) is 0 Å². The smallest absolute Gasteiger partial charge is 0.167 e. The Morgan fingerprint density at radius 2 is 1.00 bits per heavy atom. The molecule has 0 radical (unpaired) electrons. The lowest BCUT2D eigenvalue weighted by molar-refractivity contribution is 0.671. The Morgan fingerprint density at radius 3 is 1.86 bits per heavy atom. The fourth-order valence-electron chi connectivity index (χ4n) is 8.41. The molecule has 0 fully saturated rings. The molecule has 266 valence electrons. The Hall–Kier alpha value is -7.41. The van der Waals surface area contributed by atoms with Crippen molar-refractivity contribution in [3.63, 3.8) is 0 Å². The summed E-state index contributed by atoms with van der Waals surface area (Å²) >= 11 is 1.80. The number of nitrogens with zero attached hydrogens (tertiary/aromatic N) is 4. The van der Waals surface area contributed by atoms with E-state index in [4.69, 9.17) is 19.4 Å². The molecule has 6 heteroatoms. The SMILES string of the molecule is c1ccc(-c2cccc(-c3nc(-c4ccc5sc6ccccc6c5c4)nc(-c4cccc5c4oc4c5ccc5c6ccccc6n(-c6ccccc6)c54)n3)c2)cc1. The molecule has 0 amide bonds. The van der Waals surface area contributed by atoms with Gasteiger partial charge in [-0.3, -0.25) is 0 Å². The molecule has 5 nitrogen and oxygen atoms in total. The number of hydrogen-bond donors (Lipinski definition) is 0. The fraction of sp³-hybridized carbons (Fsp3) is 0. The first kappa shape index (κ1) is 31.9. The average Bonchev–Trinajstić information content (AvgIpc) is 3.96. The number of fused-ring (bicyclic) bond motifs is 10. The maximum absolute atomic E-state index is 7.09. The number of aromatic nitrogens is 4.